The quantitative estimate of drug-likeness (QED) is 0.861. The maximum atomic E-state index is 11.1. The molecular weight excluding hydrogens is 256 g/mol. The van der Waals surface area contributed by atoms with E-state index in [4.69, 9.17) is 11.6 Å². The first-order chi connectivity index (χ1) is 8.19. The van der Waals surface area contributed by atoms with Crippen LogP contribution in [0.5, 0.6) is 0 Å². The fourth-order valence-electron chi connectivity index (χ4n) is 1.27. The lowest BCUT2D eigenvalue weighted by molar-refractivity contribution is -0.111. The van der Waals surface area contributed by atoms with Crippen LogP contribution in [-0.4, -0.2) is 10.9 Å². The minimum Gasteiger partial charge on any atom is -0.298 e. The van der Waals surface area contributed by atoms with E-state index < -0.39 is 0 Å². The number of anilines is 1. The van der Waals surface area contributed by atoms with Gasteiger partial charge in [-0.25, -0.2) is 4.98 Å². The molecule has 1 heterocycles. The van der Waals surface area contributed by atoms with E-state index in [-0.39, 0.29) is 5.91 Å². The number of amides is 1. The molecule has 86 valence electrons. The highest BCUT2D eigenvalue weighted by molar-refractivity contribution is 7.14. The largest absolute Gasteiger partial charge is 0.298 e. The van der Waals surface area contributed by atoms with Crippen LogP contribution < -0.4 is 5.32 Å². The molecule has 17 heavy (non-hydrogen) atoms. The number of hydrogen-bond donors (Lipinski definition) is 1. The van der Waals surface area contributed by atoms with Gasteiger partial charge in [0.1, 0.15) is 0 Å². The summed E-state index contributed by atoms with van der Waals surface area (Å²) in [7, 11) is 0. The van der Waals surface area contributed by atoms with Crippen LogP contribution in [0, 0.1) is 0 Å². The molecule has 5 heteroatoms. The van der Waals surface area contributed by atoms with Crippen molar-refractivity contribution in [3.05, 3.63) is 47.3 Å². The summed E-state index contributed by atoms with van der Waals surface area (Å²) in [4.78, 5) is 15.4. The summed E-state index contributed by atoms with van der Waals surface area (Å²) < 4.78 is 0. The molecule has 0 unspecified atom stereocenters. The Morgan fingerprint density at radius 1 is 1.53 bits per heavy atom. The van der Waals surface area contributed by atoms with Crippen molar-refractivity contribution in [2.24, 2.45) is 0 Å². The molecule has 3 nitrogen and oxygen atoms in total. The summed E-state index contributed by atoms with van der Waals surface area (Å²) in [5.41, 5.74) is 1.71. The summed E-state index contributed by atoms with van der Waals surface area (Å²) >= 11 is 7.26. The Kier molecular flexibility index (Phi) is 3.56. The average Bonchev–Trinajstić information content (AvgIpc) is 2.77. The van der Waals surface area contributed by atoms with Gasteiger partial charge in [-0.2, -0.15) is 0 Å². The predicted molar refractivity (Wildman–Crippen MR) is 71.4 cm³/mol. The molecular formula is C12H9ClN2OS. The van der Waals surface area contributed by atoms with Crippen LogP contribution in [0.25, 0.3) is 11.3 Å². The summed E-state index contributed by atoms with van der Waals surface area (Å²) in [5.74, 6) is -0.267. The Balaban J connectivity index is 2.23. The van der Waals surface area contributed by atoms with Gasteiger partial charge in [0, 0.05) is 16.0 Å². The highest BCUT2D eigenvalue weighted by atomic mass is 35.5. The SMILES string of the molecule is C=CC(=O)Nc1nc(-c2cccc(Cl)c2)cs1. The van der Waals surface area contributed by atoms with E-state index in [0.717, 1.165) is 11.3 Å². The van der Waals surface area contributed by atoms with E-state index in [1.54, 1.807) is 6.07 Å². The van der Waals surface area contributed by atoms with Crippen LogP contribution in [0.4, 0.5) is 5.13 Å². The Hall–Kier alpha value is -1.65. The van der Waals surface area contributed by atoms with Gasteiger partial charge in [-0.1, -0.05) is 30.3 Å². The Bertz CT molecular complexity index is 565. The van der Waals surface area contributed by atoms with Gasteiger partial charge in [-0.15, -0.1) is 11.3 Å². The number of rotatable bonds is 3. The van der Waals surface area contributed by atoms with Crippen molar-refractivity contribution in [3.8, 4) is 11.3 Å². The lowest BCUT2D eigenvalue weighted by Gasteiger charge is -1.97. The zero-order valence-corrected chi connectivity index (χ0v) is 10.4. The second-order valence-electron chi connectivity index (χ2n) is 3.24. The second-order valence-corrected chi connectivity index (χ2v) is 4.54. The van der Waals surface area contributed by atoms with Gasteiger partial charge in [0.2, 0.25) is 5.91 Å². The molecule has 0 saturated carbocycles. The van der Waals surface area contributed by atoms with Crippen molar-refractivity contribution in [2.75, 3.05) is 5.32 Å². The van der Waals surface area contributed by atoms with Crippen LogP contribution in [0.1, 0.15) is 0 Å². The normalized spacial score (nSPS) is 9.94. The first-order valence-corrected chi connectivity index (χ1v) is 6.09. The van der Waals surface area contributed by atoms with E-state index in [1.807, 2.05) is 23.6 Å². The number of thiazole rings is 1. The van der Waals surface area contributed by atoms with Gasteiger partial charge >= 0.3 is 0 Å². The minimum absolute atomic E-state index is 0.267. The molecule has 0 bridgehead atoms. The Morgan fingerprint density at radius 3 is 3.06 bits per heavy atom. The lowest BCUT2D eigenvalue weighted by atomic mass is 10.2. The van der Waals surface area contributed by atoms with Crippen LogP contribution in [0.15, 0.2) is 42.3 Å². The minimum atomic E-state index is -0.267. The topological polar surface area (TPSA) is 42.0 Å². The monoisotopic (exact) mass is 264 g/mol. The van der Waals surface area contributed by atoms with Crippen molar-refractivity contribution >= 4 is 34.0 Å². The zero-order valence-electron chi connectivity index (χ0n) is 8.81. The number of carbonyl (C=O) groups excluding carboxylic acids is 1. The highest BCUT2D eigenvalue weighted by Gasteiger charge is 2.06. The van der Waals surface area contributed by atoms with Crippen LogP contribution in [-0.2, 0) is 4.79 Å². The van der Waals surface area contributed by atoms with E-state index in [9.17, 15) is 4.79 Å². The van der Waals surface area contributed by atoms with E-state index in [0.29, 0.717) is 10.2 Å². The fourth-order valence-corrected chi connectivity index (χ4v) is 2.18. The molecule has 0 fully saturated rings. The zero-order chi connectivity index (χ0) is 12.3. The number of benzene rings is 1. The van der Waals surface area contributed by atoms with Gasteiger partial charge in [0.25, 0.3) is 0 Å². The van der Waals surface area contributed by atoms with Gasteiger partial charge in [0.15, 0.2) is 5.13 Å². The van der Waals surface area contributed by atoms with Gasteiger partial charge in [-0.3, -0.25) is 10.1 Å². The van der Waals surface area contributed by atoms with Crippen LogP contribution in [0.3, 0.4) is 0 Å². The number of aromatic nitrogens is 1. The molecule has 0 aliphatic heterocycles. The summed E-state index contributed by atoms with van der Waals surface area (Å²) in [6, 6.07) is 7.41. The Morgan fingerprint density at radius 2 is 2.35 bits per heavy atom. The molecule has 2 rings (SSSR count). The molecule has 0 atom stereocenters. The number of halogens is 1. The summed E-state index contributed by atoms with van der Waals surface area (Å²) in [6.45, 7) is 3.38. The first kappa shape index (κ1) is 11.8. The molecule has 0 aliphatic rings. The van der Waals surface area contributed by atoms with E-state index in [1.165, 1.54) is 17.4 Å². The molecule has 2 aromatic rings. The molecule has 0 aliphatic carbocycles. The number of carbonyl (C=O) groups is 1. The molecule has 1 amide bonds. The summed E-state index contributed by atoms with van der Waals surface area (Å²) in [6.07, 6.45) is 1.21. The molecule has 1 aromatic heterocycles. The number of nitrogens with one attached hydrogen (secondary N) is 1. The standard InChI is InChI=1S/C12H9ClN2OS/c1-2-11(16)15-12-14-10(7-17-12)8-4-3-5-9(13)6-8/h2-7H,1H2,(H,14,15,16). The fraction of sp³-hybridized carbons (Fsp3) is 0. The number of nitrogens with zero attached hydrogens (tertiary/aromatic N) is 1. The third-order valence-electron chi connectivity index (χ3n) is 2.04. The van der Waals surface area contributed by atoms with Gasteiger partial charge in [0.05, 0.1) is 5.69 Å². The smallest absolute Gasteiger partial charge is 0.249 e. The van der Waals surface area contributed by atoms with Crippen LogP contribution in [0.2, 0.25) is 5.02 Å². The van der Waals surface area contributed by atoms with Crippen molar-refractivity contribution in [2.45, 2.75) is 0 Å². The molecule has 0 saturated heterocycles. The molecule has 0 radical (unpaired) electrons. The average molecular weight is 265 g/mol. The second kappa shape index (κ2) is 5.12. The van der Waals surface area contributed by atoms with Gasteiger partial charge < -0.3 is 0 Å². The third-order valence-corrected chi connectivity index (χ3v) is 3.03. The van der Waals surface area contributed by atoms with Crippen molar-refractivity contribution < 1.29 is 4.79 Å². The number of hydrogen-bond acceptors (Lipinski definition) is 3. The van der Waals surface area contributed by atoms with E-state index in [2.05, 4.69) is 16.9 Å². The van der Waals surface area contributed by atoms with Crippen LogP contribution >= 0.6 is 22.9 Å². The summed E-state index contributed by atoms with van der Waals surface area (Å²) in [5, 5.41) is 5.68. The first-order valence-electron chi connectivity index (χ1n) is 4.84. The molecule has 0 spiro atoms. The van der Waals surface area contributed by atoms with Crippen molar-refractivity contribution in [1.82, 2.24) is 4.98 Å². The maximum Gasteiger partial charge on any atom is 0.249 e. The maximum absolute atomic E-state index is 11.1. The van der Waals surface area contributed by atoms with Gasteiger partial charge in [-0.05, 0) is 18.2 Å². The Labute approximate surface area is 108 Å². The highest BCUT2D eigenvalue weighted by Crippen LogP contribution is 2.26. The van der Waals surface area contributed by atoms with Crippen molar-refractivity contribution in [1.29, 1.82) is 0 Å². The van der Waals surface area contributed by atoms with Crippen molar-refractivity contribution in [3.63, 3.8) is 0 Å². The molecule has 1 N–H and O–H groups in total. The molecule has 1 aromatic carbocycles. The van der Waals surface area contributed by atoms with E-state index >= 15 is 0 Å². The third kappa shape index (κ3) is 2.93. The lowest BCUT2D eigenvalue weighted by Crippen LogP contribution is -2.06. The predicted octanol–water partition coefficient (Wildman–Crippen LogP) is 3.59.